The highest BCUT2D eigenvalue weighted by Gasteiger charge is 2.12. The smallest absolute Gasteiger partial charge is 0.236 e. The van der Waals surface area contributed by atoms with Crippen LogP contribution in [0.5, 0.6) is 5.75 Å². The van der Waals surface area contributed by atoms with Crippen LogP contribution in [0.25, 0.3) is 11.3 Å². The number of imidazole rings is 1. The number of hydrogen-bond donors (Lipinski definition) is 2. The normalized spacial score (nSPS) is 11.0. The van der Waals surface area contributed by atoms with Gasteiger partial charge in [0.1, 0.15) is 5.75 Å². The second kappa shape index (κ2) is 9.25. The Morgan fingerprint density at radius 1 is 1.29 bits per heavy atom. The molecule has 0 saturated heterocycles. The van der Waals surface area contributed by atoms with Crippen molar-refractivity contribution in [3.63, 3.8) is 0 Å². The highest BCUT2D eigenvalue weighted by Crippen LogP contribution is 2.27. The van der Waals surface area contributed by atoms with E-state index in [0.29, 0.717) is 11.0 Å². The molecule has 0 unspecified atom stereocenters. The van der Waals surface area contributed by atoms with Crippen molar-refractivity contribution in [2.24, 2.45) is 5.92 Å². The summed E-state index contributed by atoms with van der Waals surface area (Å²) in [6.07, 6.45) is 0.933. The summed E-state index contributed by atoms with van der Waals surface area (Å²) in [4.78, 5) is 24.6. The number of methoxy groups -OCH3 is 1. The standard InChI is InChI=1S/C20H24N4O2S2/c1-12(2)9-16-13(3)21-19(22-16)28-11-18(25)24-20-23-17(10-27-20)14-5-7-15(26-4)8-6-14/h5-8,10,12H,9,11H2,1-4H3,(H,21,22)(H,23,24,25). The molecule has 2 aromatic heterocycles. The Kier molecular flexibility index (Phi) is 6.74. The number of aromatic nitrogens is 3. The maximum Gasteiger partial charge on any atom is 0.236 e. The average Bonchev–Trinajstić information content (AvgIpc) is 3.26. The number of hydrogen-bond acceptors (Lipinski definition) is 6. The SMILES string of the molecule is COc1ccc(-c2csc(NC(=O)CSc3nc(CC(C)C)c(C)[nH]3)n2)cc1. The Bertz CT molecular complexity index is 932. The van der Waals surface area contributed by atoms with Crippen molar-refractivity contribution >= 4 is 34.1 Å². The van der Waals surface area contributed by atoms with E-state index in [4.69, 9.17) is 4.74 Å². The van der Waals surface area contributed by atoms with Crippen LogP contribution in [0.4, 0.5) is 5.13 Å². The van der Waals surface area contributed by atoms with Crippen molar-refractivity contribution in [2.45, 2.75) is 32.3 Å². The van der Waals surface area contributed by atoms with Gasteiger partial charge in [0, 0.05) is 16.6 Å². The van der Waals surface area contributed by atoms with Gasteiger partial charge in [-0.2, -0.15) is 0 Å². The molecule has 2 heterocycles. The van der Waals surface area contributed by atoms with Crippen molar-refractivity contribution in [3.8, 4) is 17.0 Å². The zero-order valence-corrected chi connectivity index (χ0v) is 18.0. The fourth-order valence-corrected chi connectivity index (χ4v) is 4.11. The summed E-state index contributed by atoms with van der Waals surface area (Å²) < 4.78 is 5.17. The van der Waals surface area contributed by atoms with Crippen LogP contribution in [0, 0.1) is 12.8 Å². The number of aromatic amines is 1. The quantitative estimate of drug-likeness (QED) is 0.517. The number of carbonyl (C=O) groups excluding carboxylic acids is 1. The summed E-state index contributed by atoms with van der Waals surface area (Å²) >= 11 is 2.81. The Morgan fingerprint density at radius 2 is 2.04 bits per heavy atom. The van der Waals surface area contributed by atoms with Crippen LogP contribution in [0.1, 0.15) is 25.2 Å². The fraction of sp³-hybridized carbons (Fsp3) is 0.350. The van der Waals surface area contributed by atoms with Crippen LogP contribution < -0.4 is 10.1 Å². The van der Waals surface area contributed by atoms with Gasteiger partial charge in [0.25, 0.3) is 0 Å². The molecular formula is C20H24N4O2S2. The molecule has 2 N–H and O–H groups in total. The maximum absolute atomic E-state index is 12.3. The predicted octanol–water partition coefficient (Wildman–Crippen LogP) is 4.78. The minimum Gasteiger partial charge on any atom is -0.497 e. The Labute approximate surface area is 173 Å². The molecule has 0 aliphatic heterocycles. The Morgan fingerprint density at radius 3 is 2.71 bits per heavy atom. The number of nitrogens with one attached hydrogen (secondary N) is 2. The second-order valence-electron chi connectivity index (χ2n) is 6.81. The number of aryl methyl sites for hydroxylation is 1. The molecule has 1 amide bonds. The minimum absolute atomic E-state index is 0.0971. The van der Waals surface area contributed by atoms with Crippen LogP contribution in [0.2, 0.25) is 0 Å². The van der Waals surface area contributed by atoms with E-state index < -0.39 is 0 Å². The number of H-pyrrole nitrogens is 1. The van der Waals surface area contributed by atoms with Gasteiger partial charge in [0.2, 0.25) is 5.91 Å². The van der Waals surface area contributed by atoms with Gasteiger partial charge in [0.15, 0.2) is 10.3 Å². The number of anilines is 1. The van der Waals surface area contributed by atoms with Gasteiger partial charge in [-0.3, -0.25) is 4.79 Å². The van der Waals surface area contributed by atoms with Gasteiger partial charge < -0.3 is 15.0 Å². The number of thioether (sulfide) groups is 1. The third kappa shape index (κ3) is 5.36. The first-order valence-electron chi connectivity index (χ1n) is 9.02. The highest BCUT2D eigenvalue weighted by atomic mass is 32.2. The lowest BCUT2D eigenvalue weighted by atomic mass is 10.1. The van der Waals surface area contributed by atoms with Gasteiger partial charge in [0.05, 0.1) is 24.3 Å². The summed E-state index contributed by atoms with van der Waals surface area (Å²) in [6.45, 7) is 6.36. The van der Waals surface area contributed by atoms with Crippen molar-refractivity contribution in [2.75, 3.05) is 18.2 Å². The largest absolute Gasteiger partial charge is 0.497 e. The van der Waals surface area contributed by atoms with Crippen molar-refractivity contribution in [1.29, 1.82) is 0 Å². The van der Waals surface area contributed by atoms with E-state index in [9.17, 15) is 4.79 Å². The molecule has 0 aliphatic carbocycles. The molecule has 0 bridgehead atoms. The molecule has 0 radical (unpaired) electrons. The number of nitrogens with zero attached hydrogens (tertiary/aromatic N) is 2. The third-order valence-corrected chi connectivity index (χ3v) is 5.67. The monoisotopic (exact) mass is 416 g/mol. The lowest BCUT2D eigenvalue weighted by Gasteiger charge is -2.01. The molecule has 0 spiro atoms. The van der Waals surface area contributed by atoms with Crippen LogP contribution >= 0.6 is 23.1 Å². The van der Waals surface area contributed by atoms with E-state index in [1.54, 1.807) is 7.11 Å². The van der Waals surface area contributed by atoms with Crippen molar-refractivity contribution in [3.05, 3.63) is 41.0 Å². The number of rotatable bonds is 8. The lowest BCUT2D eigenvalue weighted by molar-refractivity contribution is -0.113. The summed E-state index contributed by atoms with van der Waals surface area (Å²) in [5.41, 5.74) is 3.95. The van der Waals surface area contributed by atoms with Crippen LogP contribution in [0.15, 0.2) is 34.8 Å². The average molecular weight is 417 g/mol. The predicted molar refractivity (Wildman–Crippen MR) is 115 cm³/mol. The van der Waals surface area contributed by atoms with Gasteiger partial charge in [-0.1, -0.05) is 25.6 Å². The molecule has 3 aromatic rings. The zero-order chi connectivity index (χ0) is 20.1. The lowest BCUT2D eigenvalue weighted by Crippen LogP contribution is -2.13. The van der Waals surface area contributed by atoms with Crippen LogP contribution in [0.3, 0.4) is 0 Å². The van der Waals surface area contributed by atoms with Gasteiger partial charge in [-0.15, -0.1) is 11.3 Å². The maximum atomic E-state index is 12.3. The number of thiazole rings is 1. The van der Waals surface area contributed by atoms with E-state index in [1.165, 1.54) is 23.1 Å². The van der Waals surface area contributed by atoms with E-state index in [-0.39, 0.29) is 11.7 Å². The fourth-order valence-electron chi connectivity index (χ4n) is 2.64. The summed E-state index contributed by atoms with van der Waals surface area (Å²) in [6, 6.07) is 7.68. The third-order valence-electron chi connectivity index (χ3n) is 4.04. The number of benzene rings is 1. The molecule has 0 fully saturated rings. The Balaban J connectivity index is 1.54. The molecule has 6 nitrogen and oxygen atoms in total. The van der Waals surface area contributed by atoms with E-state index in [0.717, 1.165) is 40.0 Å². The van der Waals surface area contributed by atoms with E-state index in [2.05, 4.69) is 34.1 Å². The highest BCUT2D eigenvalue weighted by molar-refractivity contribution is 7.99. The first-order chi connectivity index (χ1) is 13.4. The molecule has 0 aliphatic rings. The summed E-state index contributed by atoms with van der Waals surface area (Å²) in [7, 11) is 1.64. The minimum atomic E-state index is -0.0971. The van der Waals surface area contributed by atoms with Crippen molar-refractivity contribution in [1.82, 2.24) is 15.0 Å². The molecule has 148 valence electrons. The number of amides is 1. The van der Waals surface area contributed by atoms with E-state index >= 15 is 0 Å². The molecule has 8 heteroatoms. The van der Waals surface area contributed by atoms with Gasteiger partial charge >= 0.3 is 0 Å². The van der Waals surface area contributed by atoms with Gasteiger partial charge in [-0.25, -0.2) is 9.97 Å². The van der Waals surface area contributed by atoms with Crippen LogP contribution in [-0.2, 0) is 11.2 Å². The van der Waals surface area contributed by atoms with E-state index in [1.807, 2.05) is 36.6 Å². The van der Waals surface area contributed by atoms with Gasteiger partial charge in [-0.05, 0) is 43.5 Å². The molecule has 0 atom stereocenters. The number of ether oxygens (including phenoxy) is 1. The van der Waals surface area contributed by atoms with Crippen molar-refractivity contribution < 1.29 is 9.53 Å². The molecule has 1 aromatic carbocycles. The summed E-state index contributed by atoms with van der Waals surface area (Å²) in [5.74, 6) is 1.54. The topological polar surface area (TPSA) is 79.9 Å². The first-order valence-corrected chi connectivity index (χ1v) is 10.9. The molecule has 28 heavy (non-hydrogen) atoms. The molecule has 0 saturated carbocycles. The molecular weight excluding hydrogens is 392 g/mol. The zero-order valence-electron chi connectivity index (χ0n) is 16.4. The number of carbonyl (C=O) groups is 1. The second-order valence-corrected chi connectivity index (χ2v) is 8.64. The first kappa shape index (κ1) is 20.4. The molecule has 3 rings (SSSR count). The summed E-state index contributed by atoms with van der Waals surface area (Å²) in [5, 5.41) is 6.16. The Hall–Kier alpha value is -2.32. The van der Waals surface area contributed by atoms with Crippen LogP contribution in [-0.4, -0.2) is 33.7 Å².